The molecular weight excluding hydrogens is 398 g/mol. The minimum absolute atomic E-state index is 0.0546. The molecule has 0 atom stereocenters. The van der Waals surface area contributed by atoms with Gasteiger partial charge in [-0.3, -0.25) is 9.79 Å². The van der Waals surface area contributed by atoms with Crippen LogP contribution in [0.5, 0.6) is 0 Å². The Kier molecular flexibility index (Phi) is 5.81. The van der Waals surface area contributed by atoms with Crippen LogP contribution < -0.4 is 4.90 Å². The number of likely N-dealkylation sites (tertiary alicyclic amines) is 1. The van der Waals surface area contributed by atoms with Gasteiger partial charge in [-0.05, 0) is 45.0 Å². The van der Waals surface area contributed by atoms with Gasteiger partial charge in [0.1, 0.15) is 6.61 Å². The smallest absolute Gasteiger partial charge is 0.336 e. The van der Waals surface area contributed by atoms with E-state index in [1.165, 1.54) is 5.01 Å². The van der Waals surface area contributed by atoms with Crippen molar-refractivity contribution in [3.63, 3.8) is 0 Å². The molecule has 0 aliphatic carbocycles. The molecule has 1 fully saturated rings. The number of hydrogen-bond donors (Lipinski definition) is 0. The second-order valence-electron chi connectivity index (χ2n) is 8.12. The first-order valence-corrected chi connectivity index (χ1v) is 10.4. The molecule has 10 nitrogen and oxygen atoms in total. The topological polar surface area (TPSA) is 104 Å². The number of rotatable bonds is 6. The van der Waals surface area contributed by atoms with Gasteiger partial charge in [-0.15, -0.1) is 5.10 Å². The van der Waals surface area contributed by atoms with Gasteiger partial charge >= 0.3 is 5.97 Å². The standard InChI is InChI=1S/C21H27N7O3/c1-15-17(12-31-19(15)29)28-20(30)21(13-23-28)7-10-27(11-8-21)9-6-16-4-5-18(25-24-16)26(3)14-22-2/h4-5,13-14H,6-12H2,1-3H3. The number of carbonyl (C=O) groups is 2. The lowest BCUT2D eigenvalue weighted by Gasteiger charge is -2.36. The number of hydrazone groups is 1. The van der Waals surface area contributed by atoms with Crippen LogP contribution in [0.15, 0.2) is 33.5 Å². The van der Waals surface area contributed by atoms with Crippen LogP contribution in [0.3, 0.4) is 0 Å². The highest BCUT2D eigenvalue weighted by molar-refractivity contribution is 6.04. The molecule has 0 saturated carbocycles. The molecule has 0 bridgehead atoms. The summed E-state index contributed by atoms with van der Waals surface area (Å²) >= 11 is 0. The van der Waals surface area contributed by atoms with Gasteiger partial charge in [0, 0.05) is 33.3 Å². The number of aliphatic imine (C=N–C) groups is 1. The van der Waals surface area contributed by atoms with Crippen LogP contribution in [0.4, 0.5) is 5.82 Å². The molecule has 164 valence electrons. The Labute approximate surface area is 181 Å². The van der Waals surface area contributed by atoms with E-state index < -0.39 is 5.41 Å². The van der Waals surface area contributed by atoms with Gasteiger partial charge in [-0.2, -0.15) is 10.2 Å². The third kappa shape index (κ3) is 4.07. The fourth-order valence-corrected chi connectivity index (χ4v) is 4.07. The van der Waals surface area contributed by atoms with Crippen molar-refractivity contribution in [1.29, 1.82) is 0 Å². The van der Waals surface area contributed by atoms with Crippen LogP contribution in [0.25, 0.3) is 0 Å². The van der Waals surface area contributed by atoms with Crippen molar-refractivity contribution in [2.75, 3.05) is 45.2 Å². The summed E-state index contributed by atoms with van der Waals surface area (Å²) in [5.74, 6) is 0.314. The quantitative estimate of drug-likeness (QED) is 0.378. The Balaban J connectivity index is 1.30. The van der Waals surface area contributed by atoms with Crippen molar-refractivity contribution >= 4 is 30.2 Å². The summed E-state index contributed by atoms with van der Waals surface area (Å²) in [6.07, 6.45) is 5.66. The van der Waals surface area contributed by atoms with Crippen molar-refractivity contribution in [2.24, 2.45) is 15.5 Å². The number of ether oxygens (including phenoxy) is 1. The van der Waals surface area contributed by atoms with Gasteiger partial charge in [0.25, 0.3) is 5.91 Å². The summed E-state index contributed by atoms with van der Waals surface area (Å²) in [7, 11) is 3.59. The normalized spacial score (nSPS) is 21.1. The Bertz CT molecular complexity index is 946. The largest absolute Gasteiger partial charge is 0.456 e. The number of aromatic nitrogens is 2. The number of carbonyl (C=O) groups excluding carboxylic acids is 2. The van der Waals surface area contributed by atoms with Gasteiger partial charge in [0.2, 0.25) is 0 Å². The van der Waals surface area contributed by atoms with Crippen LogP contribution >= 0.6 is 0 Å². The molecule has 1 amide bonds. The van der Waals surface area contributed by atoms with Gasteiger partial charge in [-0.1, -0.05) is 0 Å². The Morgan fingerprint density at radius 2 is 2.03 bits per heavy atom. The Morgan fingerprint density at radius 1 is 1.26 bits per heavy atom. The highest BCUT2D eigenvalue weighted by Crippen LogP contribution is 2.38. The number of cyclic esters (lactones) is 1. The van der Waals surface area contributed by atoms with Crippen molar-refractivity contribution in [3.8, 4) is 0 Å². The lowest BCUT2D eigenvalue weighted by Crippen LogP contribution is -2.46. The summed E-state index contributed by atoms with van der Waals surface area (Å²) in [5, 5.41) is 14.3. The van der Waals surface area contributed by atoms with E-state index in [9.17, 15) is 9.59 Å². The molecule has 3 aliphatic heterocycles. The van der Waals surface area contributed by atoms with E-state index in [1.54, 1.807) is 26.5 Å². The van der Waals surface area contributed by atoms with E-state index in [1.807, 2.05) is 24.1 Å². The van der Waals surface area contributed by atoms with Crippen LogP contribution in [-0.4, -0.2) is 84.9 Å². The van der Waals surface area contributed by atoms with Crippen molar-refractivity contribution in [2.45, 2.75) is 26.2 Å². The molecule has 31 heavy (non-hydrogen) atoms. The first-order valence-electron chi connectivity index (χ1n) is 10.4. The SMILES string of the molecule is CN=CN(C)c1ccc(CCN2CCC3(C=NN(C4=C(C)C(=O)OC4)C3=O)CC2)nn1. The van der Waals surface area contributed by atoms with E-state index in [0.29, 0.717) is 24.1 Å². The predicted molar refractivity (Wildman–Crippen MR) is 116 cm³/mol. The summed E-state index contributed by atoms with van der Waals surface area (Å²) in [4.78, 5) is 32.8. The number of amides is 1. The molecule has 4 heterocycles. The van der Waals surface area contributed by atoms with Crippen LogP contribution in [0, 0.1) is 5.41 Å². The third-order valence-electron chi connectivity index (χ3n) is 6.16. The van der Waals surface area contributed by atoms with Gasteiger partial charge in [-0.25, -0.2) is 9.80 Å². The molecule has 4 rings (SSSR count). The summed E-state index contributed by atoms with van der Waals surface area (Å²) < 4.78 is 5.03. The zero-order chi connectivity index (χ0) is 22.0. The van der Waals surface area contributed by atoms with Gasteiger partial charge in [0.05, 0.1) is 28.7 Å². The second kappa shape index (κ2) is 8.54. The maximum Gasteiger partial charge on any atom is 0.336 e. The lowest BCUT2D eigenvalue weighted by atomic mass is 9.79. The first kappa shape index (κ1) is 21.1. The summed E-state index contributed by atoms with van der Waals surface area (Å²) in [5.41, 5.74) is 1.37. The lowest BCUT2D eigenvalue weighted by molar-refractivity contribution is -0.138. The van der Waals surface area contributed by atoms with Gasteiger partial charge in [0.15, 0.2) is 5.82 Å². The zero-order valence-corrected chi connectivity index (χ0v) is 18.1. The van der Waals surface area contributed by atoms with Crippen molar-refractivity contribution in [3.05, 3.63) is 29.1 Å². The number of hydrogen-bond acceptors (Lipinski definition) is 8. The maximum atomic E-state index is 13.1. The molecule has 1 aromatic rings. The molecule has 0 aromatic carbocycles. The molecule has 1 spiro atoms. The molecule has 1 aromatic heterocycles. The third-order valence-corrected chi connectivity index (χ3v) is 6.16. The van der Waals surface area contributed by atoms with Crippen LogP contribution in [-0.2, 0) is 20.7 Å². The molecule has 1 saturated heterocycles. The van der Waals surface area contributed by atoms with Crippen LogP contribution in [0.2, 0.25) is 0 Å². The minimum atomic E-state index is -0.581. The number of nitrogens with zero attached hydrogens (tertiary/aromatic N) is 7. The van der Waals surface area contributed by atoms with E-state index in [2.05, 4.69) is 25.2 Å². The number of piperidine rings is 1. The van der Waals surface area contributed by atoms with E-state index >= 15 is 0 Å². The van der Waals surface area contributed by atoms with E-state index in [0.717, 1.165) is 37.6 Å². The van der Waals surface area contributed by atoms with E-state index in [4.69, 9.17) is 4.74 Å². The molecule has 0 N–H and O–H groups in total. The van der Waals surface area contributed by atoms with Gasteiger partial charge < -0.3 is 14.5 Å². The highest BCUT2D eigenvalue weighted by Gasteiger charge is 2.48. The average Bonchev–Trinajstić information content (AvgIpc) is 3.27. The van der Waals surface area contributed by atoms with Crippen molar-refractivity contribution < 1.29 is 14.3 Å². The highest BCUT2D eigenvalue weighted by atomic mass is 16.5. The average molecular weight is 425 g/mol. The predicted octanol–water partition coefficient (Wildman–Crippen LogP) is 0.854. The van der Waals surface area contributed by atoms with Crippen molar-refractivity contribution in [1.82, 2.24) is 20.1 Å². The fourth-order valence-electron chi connectivity index (χ4n) is 4.07. The minimum Gasteiger partial charge on any atom is -0.456 e. The molecule has 10 heteroatoms. The molecule has 3 aliphatic rings. The Morgan fingerprint density at radius 3 is 2.65 bits per heavy atom. The number of esters is 1. The fraction of sp³-hybridized carbons (Fsp3) is 0.524. The summed E-state index contributed by atoms with van der Waals surface area (Å²) in [6.45, 7) is 4.25. The molecular formula is C21H27N7O3. The monoisotopic (exact) mass is 425 g/mol. The van der Waals surface area contributed by atoms with Crippen LogP contribution in [0.1, 0.15) is 25.5 Å². The summed E-state index contributed by atoms with van der Waals surface area (Å²) in [6, 6.07) is 3.92. The molecule has 0 unspecified atom stereocenters. The van der Waals surface area contributed by atoms with E-state index in [-0.39, 0.29) is 18.5 Å². The maximum absolute atomic E-state index is 13.1. The first-order chi connectivity index (χ1) is 14.9. The second-order valence-corrected chi connectivity index (χ2v) is 8.12. The zero-order valence-electron chi connectivity index (χ0n) is 18.1. The number of anilines is 1. The molecule has 0 radical (unpaired) electrons. The Hall–Kier alpha value is -3.14.